The molecular weight excluding hydrogens is 324 g/mol. The first-order chi connectivity index (χ1) is 12.6. The van der Waals surface area contributed by atoms with Crippen molar-refractivity contribution in [1.82, 2.24) is 10.6 Å². The molecule has 138 valence electrons. The van der Waals surface area contributed by atoms with E-state index in [1.165, 1.54) is 11.1 Å². The number of nitrogen functional groups attached to an aromatic ring is 2. The summed E-state index contributed by atoms with van der Waals surface area (Å²) in [5.74, 6) is 0.207. The number of hydrogen-bond donors (Lipinski definition) is 6. The molecule has 0 radical (unpaired) electrons. The molecule has 0 bridgehead atoms. The highest BCUT2D eigenvalue weighted by atomic mass is 14.9. The minimum absolute atomic E-state index is 0.104. The maximum absolute atomic E-state index is 7.38. The molecule has 26 heavy (non-hydrogen) atoms. The Kier molecular flexibility index (Phi) is 7.79. The molecule has 0 aliphatic carbocycles. The van der Waals surface area contributed by atoms with Crippen LogP contribution in [0.5, 0.6) is 0 Å². The van der Waals surface area contributed by atoms with E-state index in [0.29, 0.717) is 0 Å². The van der Waals surface area contributed by atoms with Gasteiger partial charge in [0, 0.05) is 24.2 Å². The van der Waals surface area contributed by atoms with Gasteiger partial charge in [0.25, 0.3) is 0 Å². The van der Waals surface area contributed by atoms with Gasteiger partial charge in [-0.2, -0.15) is 0 Å². The van der Waals surface area contributed by atoms with Crippen molar-refractivity contribution < 1.29 is 0 Å². The van der Waals surface area contributed by atoms with E-state index < -0.39 is 0 Å². The van der Waals surface area contributed by atoms with E-state index in [9.17, 15) is 0 Å². The maximum atomic E-state index is 7.38. The number of rotatable bonds is 11. The standard InChI is InChI=1S/C20H28N6/c21-19(22)17-7-3-15(4-8-17)13-25-11-1-2-12-26-14-16-5-9-18(10-6-16)20(23)24/h3-10,25-26H,1-2,11-14H2,(H3,21,22)(H3,23,24). The zero-order valence-corrected chi connectivity index (χ0v) is 15.0. The van der Waals surface area contributed by atoms with Gasteiger partial charge in [-0.3, -0.25) is 10.8 Å². The van der Waals surface area contributed by atoms with Crippen LogP contribution in [0.1, 0.15) is 35.1 Å². The lowest BCUT2D eigenvalue weighted by Crippen LogP contribution is -2.19. The van der Waals surface area contributed by atoms with Gasteiger partial charge in [0.15, 0.2) is 0 Å². The second-order valence-electron chi connectivity index (χ2n) is 6.28. The molecule has 0 atom stereocenters. The first-order valence-corrected chi connectivity index (χ1v) is 8.84. The minimum Gasteiger partial charge on any atom is -0.384 e. The predicted octanol–water partition coefficient (Wildman–Crippen LogP) is 1.91. The van der Waals surface area contributed by atoms with Crippen LogP contribution in [0.3, 0.4) is 0 Å². The van der Waals surface area contributed by atoms with E-state index in [1.807, 2.05) is 48.5 Å². The van der Waals surface area contributed by atoms with Gasteiger partial charge in [0.2, 0.25) is 0 Å². The second-order valence-corrected chi connectivity index (χ2v) is 6.28. The lowest BCUT2D eigenvalue weighted by Gasteiger charge is -2.08. The number of unbranched alkanes of at least 4 members (excludes halogenated alkanes) is 1. The number of nitrogens with one attached hydrogen (secondary N) is 4. The van der Waals surface area contributed by atoms with Crippen molar-refractivity contribution in [1.29, 1.82) is 10.8 Å². The number of benzene rings is 2. The Morgan fingerprint density at radius 3 is 1.31 bits per heavy atom. The van der Waals surface area contributed by atoms with Crippen molar-refractivity contribution in [2.24, 2.45) is 11.5 Å². The topological polar surface area (TPSA) is 124 Å². The molecule has 8 N–H and O–H groups in total. The van der Waals surface area contributed by atoms with Crippen molar-refractivity contribution in [2.75, 3.05) is 13.1 Å². The molecule has 6 nitrogen and oxygen atoms in total. The molecule has 2 aromatic rings. The monoisotopic (exact) mass is 352 g/mol. The van der Waals surface area contributed by atoms with Crippen LogP contribution in [0.25, 0.3) is 0 Å². The molecule has 0 fully saturated rings. The summed E-state index contributed by atoms with van der Waals surface area (Å²) in [6.07, 6.45) is 2.23. The van der Waals surface area contributed by atoms with Crippen LogP contribution >= 0.6 is 0 Å². The summed E-state index contributed by atoms with van der Waals surface area (Å²) < 4.78 is 0. The van der Waals surface area contributed by atoms with Gasteiger partial charge in [0.1, 0.15) is 11.7 Å². The van der Waals surface area contributed by atoms with Gasteiger partial charge in [-0.1, -0.05) is 48.5 Å². The lowest BCUT2D eigenvalue weighted by atomic mass is 10.1. The molecular formula is C20H28N6. The van der Waals surface area contributed by atoms with Gasteiger partial charge in [0.05, 0.1) is 0 Å². The van der Waals surface area contributed by atoms with Crippen LogP contribution in [0, 0.1) is 10.8 Å². The van der Waals surface area contributed by atoms with E-state index >= 15 is 0 Å². The molecule has 0 saturated carbocycles. The fraction of sp³-hybridized carbons (Fsp3) is 0.300. The Morgan fingerprint density at radius 1 is 0.654 bits per heavy atom. The fourth-order valence-corrected chi connectivity index (χ4v) is 2.57. The zero-order valence-electron chi connectivity index (χ0n) is 15.0. The van der Waals surface area contributed by atoms with Crippen LogP contribution in [-0.2, 0) is 13.1 Å². The second kappa shape index (κ2) is 10.3. The molecule has 0 amide bonds. The Morgan fingerprint density at radius 2 is 1.00 bits per heavy atom. The third-order valence-electron chi connectivity index (χ3n) is 4.15. The number of nitrogens with two attached hydrogens (primary N) is 2. The summed E-state index contributed by atoms with van der Waals surface area (Å²) >= 11 is 0. The highest BCUT2D eigenvalue weighted by molar-refractivity contribution is 5.95. The van der Waals surface area contributed by atoms with Crippen molar-refractivity contribution in [3.05, 3.63) is 70.8 Å². The Hall–Kier alpha value is -2.70. The highest BCUT2D eigenvalue weighted by Crippen LogP contribution is 2.04. The van der Waals surface area contributed by atoms with Crippen LogP contribution < -0.4 is 22.1 Å². The van der Waals surface area contributed by atoms with E-state index in [4.69, 9.17) is 22.3 Å². The molecule has 0 unspecified atom stereocenters. The summed E-state index contributed by atoms with van der Waals surface area (Å²) in [7, 11) is 0. The normalized spacial score (nSPS) is 10.6. The van der Waals surface area contributed by atoms with Crippen LogP contribution in [0.2, 0.25) is 0 Å². The summed E-state index contributed by atoms with van der Waals surface area (Å²) in [5, 5.41) is 21.6. The van der Waals surface area contributed by atoms with Crippen LogP contribution in [0.15, 0.2) is 48.5 Å². The van der Waals surface area contributed by atoms with Crippen molar-refractivity contribution in [3.8, 4) is 0 Å². The van der Waals surface area contributed by atoms with Crippen molar-refractivity contribution in [3.63, 3.8) is 0 Å². The van der Waals surface area contributed by atoms with E-state index in [2.05, 4.69) is 10.6 Å². The quantitative estimate of drug-likeness (QED) is 0.210. The Bertz CT molecular complexity index is 643. The largest absolute Gasteiger partial charge is 0.384 e. The average Bonchev–Trinajstić information content (AvgIpc) is 2.64. The fourth-order valence-electron chi connectivity index (χ4n) is 2.57. The van der Waals surface area contributed by atoms with E-state index in [1.54, 1.807) is 0 Å². The van der Waals surface area contributed by atoms with Crippen LogP contribution in [0.4, 0.5) is 0 Å². The van der Waals surface area contributed by atoms with Gasteiger partial charge in [-0.15, -0.1) is 0 Å². The number of hydrogen-bond acceptors (Lipinski definition) is 4. The lowest BCUT2D eigenvalue weighted by molar-refractivity contribution is 0.582. The molecule has 0 aromatic heterocycles. The smallest absolute Gasteiger partial charge is 0.122 e. The maximum Gasteiger partial charge on any atom is 0.122 e. The molecule has 0 aliphatic heterocycles. The van der Waals surface area contributed by atoms with Gasteiger partial charge >= 0.3 is 0 Å². The molecule has 2 aromatic carbocycles. The molecule has 0 aliphatic rings. The Labute approximate surface area is 155 Å². The Balaban J connectivity index is 1.52. The third-order valence-corrected chi connectivity index (χ3v) is 4.15. The van der Waals surface area contributed by atoms with E-state index in [0.717, 1.165) is 50.1 Å². The van der Waals surface area contributed by atoms with Crippen molar-refractivity contribution in [2.45, 2.75) is 25.9 Å². The van der Waals surface area contributed by atoms with Crippen molar-refractivity contribution >= 4 is 11.7 Å². The summed E-state index contributed by atoms with van der Waals surface area (Å²) in [5.41, 5.74) is 14.8. The predicted molar refractivity (Wildman–Crippen MR) is 108 cm³/mol. The van der Waals surface area contributed by atoms with Gasteiger partial charge in [-0.05, 0) is 37.1 Å². The molecule has 0 heterocycles. The van der Waals surface area contributed by atoms with E-state index in [-0.39, 0.29) is 11.7 Å². The summed E-state index contributed by atoms with van der Waals surface area (Å²) in [4.78, 5) is 0. The highest BCUT2D eigenvalue weighted by Gasteiger charge is 1.98. The van der Waals surface area contributed by atoms with Gasteiger partial charge < -0.3 is 22.1 Å². The molecule has 6 heteroatoms. The third kappa shape index (κ3) is 6.66. The molecule has 2 rings (SSSR count). The van der Waals surface area contributed by atoms with Crippen LogP contribution in [-0.4, -0.2) is 24.8 Å². The van der Waals surface area contributed by atoms with Gasteiger partial charge in [-0.25, -0.2) is 0 Å². The number of amidine groups is 2. The summed E-state index contributed by atoms with van der Waals surface area (Å²) in [6, 6.07) is 15.5. The first kappa shape index (κ1) is 19.6. The zero-order chi connectivity index (χ0) is 18.8. The molecule has 0 saturated heterocycles. The summed E-state index contributed by atoms with van der Waals surface area (Å²) in [6.45, 7) is 3.61. The first-order valence-electron chi connectivity index (χ1n) is 8.84. The SMILES string of the molecule is N=C(N)c1ccc(CNCCCCNCc2ccc(C(=N)N)cc2)cc1. The molecule has 0 spiro atoms. The minimum atomic E-state index is 0.104. The average molecular weight is 352 g/mol.